The number of hydrogen-bond acceptors (Lipinski definition) is 19. The van der Waals surface area contributed by atoms with Crippen molar-refractivity contribution in [3.63, 3.8) is 0 Å². The largest absolute Gasteiger partial charge is 0.481 e. The lowest BCUT2D eigenvalue weighted by molar-refractivity contribution is -0.174. The second-order valence-corrected chi connectivity index (χ2v) is 36.3. The zero-order valence-corrected chi connectivity index (χ0v) is 81.9. The van der Waals surface area contributed by atoms with Gasteiger partial charge in [-0.3, -0.25) is 28.8 Å². The van der Waals surface area contributed by atoms with Gasteiger partial charge in [-0.1, -0.05) is 95.3 Å². The zero-order chi connectivity index (χ0) is 86.1. The normalized spacial score (nSPS) is 18.2. The van der Waals surface area contributed by atoms with Crippen LogP contribution in [0.2, 0.25) is 0 Å². The minimum absolute atomic E-state index is 0. The van der Waals surface area contributed by atoms with E-state index in [1.54, 1.807) is 57.2 Å². The predicted molar refractivity (Wildman–Crippen MR) is 539 cm³/mol. The van der Waals surface area contributed by atoms with Crippen LogP contribution in [-0.4, -0.2) is 114 Å². The first-order valence-electron chi connectivity index (χ1n) is 39.4. The highest BCUT2D eigenvalue weighted by molar-refractivity contribution is 7.60. The van der Waals surface area contributed by atoms with E-state index in [4.69, 9.17) is 20.3 Å². The maximum Gasteiger partial charge on any atom is 0.471 e. The lowest BCUT2D eigenvalue weighted by Crippen LogP contribution is -2.46. The number of aromatic nitrogens is 4. The number of anilines is 4. The summed E-state index contributed by atoms with van der Waals surface area (Å²) in [6, 6.07) is 32.3. The molecule has 128 heavy (non-hydrogen) atoms. The summed E-state index contributed by atoms with van der Waals surface area (Å²) in [7, 11) is 0. The Morgan fingerprint density at radius 2 is 0.656 bits per heavy atom. The fourth-order valence-electron chi connectivity index (χ4n) is 15.3. The van der Waals surface area contributed by atoms with Crippen LogP contribution in [0.25, 0.3) is 84.0 Å². The predicted octanol–water partition coefficient (Wildman–Crippen LogP) is 20.8. The van der Waals surface area contributed by atoms with E-state index >= 15 is 0 Å². The number of nitrogen functional groups attached to an aromatic ring is 1. The molecule has 0 bridgehead atoms. The summed E-state index contributed by atoms with van der Waals surface area (Å²) in [5.74, 6) is -5.62. The third-order valence-electron chi connectivity index (χ3n) is 20.6. The third kappa shape index (κ3) is 31.0. The molecule has 4 fully saturated rings. The Morgan fingerprint density at radius 1 is 0.383 bits per heavy atom. The zero-order valence-electron chi connectivity index (χ0n) is 70.7. The number of aliphatic carboxylic acids is 1. The molecular formula is C86H107F7N12O11S12. The Kier molecular flexibility index (Phi) is 43.2. The van der Waals surface area contributed by atoms with Crippen LogP contribution in [0.5, 0.6) is 0 Å². The highest BCUT2D eigenvalue weighted by atomic mass is 32.1. The molecule has 16 rings (SSSR count). The van der Waals surface area contributed by atoms with E-state index in [9.17, 15) is 69.1 Å². The number of fused-ring (bicyclic) bond motifs is 12. The van der Waals surface area contributed by atoms with Gasteiger partial charge in [0.15, 0.2) is 20.5 Å². The molecule has 4 aliphatic rings. The maximum atomic E-state index is 13.5. The van der Waals surface area contributed by atoms with Crippen LogP contribution in [0.3, 0.4) is 0 Å². The highest BCUT2D eigenvalue weighted by Crippen LogP contribution is 2.40. The number of ether oxygens (including phenoxy) is 2. The van der Waals surface area contributed by atoms with Crippen molar-refractivity contribution >= 4 is 305 Å². The number of carbonyl (C=O) groups excluding carboxylic acids is 7. The molecule has 7 amide bonds. The first-order valence-corrected chi connectivity index (χ1v) is 42.7. The molecule has 698 valence electrons. The number of carboxylic acid groups (broad SMARTS) is 1. The average molecular weight is 2000 g/mol. The summed E-state index contributed by atoms with van der Waals surface area (Å²) in [6.45, 7) is 12.4. The number of hydrogen-bond donors (Lipinski definition) is 9. The molecule has 0 unspecified atom stereocenters. The molecular weight excluding hydrogens is 1890 g/mol. The van der Waals surface area contributed by atoms with Gasteiger partial charge in [-0.2, -0.15) is 121 Å². The molecule has 23 nitrogen and oxygen atoms in total. The van der Waals surface area contributed by atoms with Crippen molar-refractivity contribution in [3.8, 4) is 0 Å². The Balaban J connectivity index is 0.000000337. The number of benzene rings is 8. The van der Waals surface area contributed by atoms with Gasteiger partial charge >= 0.3 is 30.2 Å². The quantitative estimate of drug-likeness (QED) is 0.0543. The summed E-state index contributed by atoms with van der Waals surface area (Å²) in [4.78, 5) is 113. The van der Waals surface area contributed by atoms with E-state index in [0.717, 1.165) is 130 Å². The highest BCUT2D eigenvalue weighted by Gasteiger charge is 2.41. The van der Waals surface area contributed by atoms with Crippen molar-refractivity contribution in [2.45, 2.75) is 193 Å². The van der Waals surface area contributed by atoms with Gasteiger partial charge in [0.2, 0.25) is 23.6 Å². The molecule has 8 atom stereocenters. The monoisotopic (exact) mass is 2000 g/mol. The molecule has 4 saturated carbocycles. The average Bonchev–Trinajstić information content (AvgIpc) is 1.63. The molecule has 0 saturated heterocycles. The molecule has 0 radical (unpaired) electrons. The van der Waals surface area contributed by atoms with Crippen LogP contribution in [0.1, 0.15) is 151 Å². The summed E-state index contributed by atoms with van der Waals surface area (Å²) in [5.41, 5.74) is 7.65. The van der Waals surface area contributed by atoms with Crippen LogP contribution in [0.4, 0.5) is 60.8 Å². The summed E-state index contributed by atoms with van der Waals surface area (Å²) in [5, 5.41) is 36.9. The Bertz CT molecular complexity index is 5860. The number of thiazole rings is 4. The SMILES string of the molecule is CC(=O)N[C@H]1CCC[C@H](C(=O)Nc2nc3ccc4cc(F)ccc4c3s2)C1.CC(C)(C)OC(=O)N[C@H]1CCC[C@H](C(=O)Nc2nc3ccc4cc(F)ccc4c3s2)C1.CC(C)(C)OC(=O)N[C@H]1CCC[C@H](C(=O)O)C1.Nc1nc2ccc3cc(F)ccc3c2s1.O=C(Nc1nc2ccc3cc(F)ccc3c2s1)[C@H]1CCC[C@H](NC(=O)C(F)(F)F)C1.S.S.S.S.S.S.S.S. The van der Waals surface area contributed by atoms with E-state index in [1.807, 2.05) is 62.5 Å². The maximum absolute atomic E-state index is 13.5. The first kappa shape index (κ1) is 112. The van der Waals surface area contributed by atoms with Gasteiger partial charge in [0, 0.05) is 70.4 Å². The van der Waals surface area contributed by atoms with Gasteiger partial charge in [-0.05, 0) is 237 Å². The van der Waals surface area contributed by atoms with Crippen LogP contribution in [0.15, 0.2) is 121 Å². The molecule has 42 heteroatoms. The number of nitrogens with zero attached hydrogens (tertiary/aromatic N) is 4. The van der Waals surface area contributed by atoms with Crippen molar-refractivity contribution in [1.82, 2.24) is 41.2 Å². The number of rotatable bonds is 11. The van der Waals surface area contributed by atoms with Gasteiger partial charge in [0.1, 0.15) is 34.5 Å². The topological polar surface area (TPSA) is 337 Å². The number of nitrogens with one attached hydrogen (secondary N) is 7. The number of carboxylic acids is 1. The van der Waals surface area contributed by atoms with E-state index in [-0.39, 0.29) is 197 Å². The Hall–Kier alpha value is -8.17. The van der Waals surface area contributed by atoms with Crippen LogP contribution < -0.4 is 43.0 Å². The fourth-order valence-corrected chi connectivity index (χ4v) is 19.1. The van der Waals surface area contributed by atoms with Gasteiger partial charge in [0.05, 0.1) is 46.8 Å². The van der Waals surface area contributed by atoms with Crippen LogP contribution in [-0.2, 0) is 38.2 Å². The van der Waals surface area contributed by atoms with Gasteiger partial charge in [-0.25, -0.2) is 47.1 Å². The Labute approximate surface area is 806 Å². The van der Waals surface area contributed by atoms with Crippen molar-refractivity contribution in [2.75, 3.05) is 21.7 Å². The van der Waals surface area contributed by atoms with E-state index in [1.165, 1.54) is 101 Å². The number of alkyl halides is 3. The molecule has 4 heterocycles. The summed E-state index contributed by atoms with van der Waals surface area (Å²) < 4.78 is 105. The van der Waals surface area contributed by atoms with Crippen molar-refractivity contribution in [2.24, 2.45) is 23.7 Å². The molecule has 0 aliphatic heterocycles. The minimum Gasteiger partial charge on any atom is -0.481 e. The van der Waals surface area contributed by atoms with Crippen molar-refractivity contribution in [1.29, 1.82) is 0 Å². The lowest BCUT2D eigenvalue weighted by Gasteiger charge is -2.29. The smallest absolute Gasteiger partial charge is 0.471 e. The van der Waals surface area contributed by atoms with Crippen molar-refractivity contribution < 1.29 is 83.7 Å². The van der Waals surface area contributed by atoms with Gasteiger partial charge in [-0.15, -0.1) is 0 Å². The van der Waals surface area contributed by atoms with Crippen molar-refractivity contribution in [3.05, 3.63) is 145 Å². The number of carbonyl (C=O) groups is 8. The Morgan fingerprint density at radius 3 is 0.945 bits per heavy atom. The molecule has 4 aliphatic carbocycles. The number of alkyl carbamates (subject to hydrolysis) is 2. The minimum atomic E-state index is -4.94. The second kappa shape index (κ2) is 49.4. The first-order chi connectivity index (χ1) is 56.9. The van der Waals surface area contributed by atoms with E-state index < -0.39 is 53.4 Å². The molecule has 0 spiro atoms. The number of nitrogens with two attached hydrogens (primary N) is 1. The number of halogens is 7. The number of amides is 7. The van der Waals surface area contributed by atoms with Gasteiger partial charge < -0.3 is 57.5 Å². The van der Waals surface area contributed by atoms with Crippen LogP contribution >= 0.6 is 153 Å². The van der Waals surface area contributed by atoms with Crippen LogP contribution in [0, 0.1) is 46.9 Å². The summed E-state index contributed by atoms with van der Waals surface area (Å²) >= 11 is 5.48. The molecule has 8 aromatic carbocycles. The standard InChI is InChI=1S/C23H26FN3O3S.C20H17F4N3O2S.C20H20FN3O2S.C12H21NO4.C11H7FN2S.8H2S/c1-23(2,3)30-22(29)25-16-6-4-5-14(12-16)20(28)27-21-26-18-10-7-13-11-15(24)8-9-17(13)19(18)31-21;21-12-5-6-14-10(8-12)4-7-15-16(14)30-19(26-15)27-17(28)11-2-1-3-13(9-11)25-18(29)20(22,23)24;1-11(25)22-15-4-2-3-13(10-15)19(26)24-20-23-17-8-5-12-9-14(21)6-7-16(12)18(17)27-20;1-12(2,3)17-11(16)13-9-6-4-5-8(7-9)10(14)15;12-7-2-3-8-6(5-7)1-4-9-10(8)15-11(13)14-9;;;;;;;;/h7-11,14,16H,4-6,12H2,1-3H3,(H,25,29)(H,26,27,28);4-8,11,13H,1-3,9H2,(H,25,29)(H,26,27,28);5-9,13,15H,2-4,10H2,1H3,(H,22,25)(H,23,24,26);8-9H,4-7H2,1-3H3,(H,13,16)(H,14,15);1-5H,(H2,13,14);8*1H2/t14-,16-;11-,13-;13-,15-;8-,9-;;;;;;;;;/m0000........./s1. The van der Waals surface area contributed by atoms with E-state index in [2.05, 4.69) is 51.8 Å². The lowest BCUT2D eigenvalue weighted by atomic mass is 9.85. The van der Waals surface area contributed by atoms with E-state index in [0.29, 0.717) is 71.0 Å². The molecule has 4 aromatic heterocycles. The summed E-state index contributed by atoms with van der Waals surface area (Å²) in [6.07, 6.45) is 4.90. The fraction of sp³-hybridized carbons (Fsp3) is 0.395. The molecule has 12 aromatic rings. The molecule has 10 N–H and O–H groups in total. The second-order valence-electron chi connectivity index (χ2n) is 32.2. The third-order valence-corrected chi connectivity index (χ3v) is 24.6. The van der Waals surface area contributed by atoms with Gasteiger partial charge in [0.25, 0.3) is 0 Å².